The molecule has 1 N–H and O–H groups in total. The highest BCUT2D eigenvalue weighted by atomic mass is 16.5. The smallest absolute Gasteiger partial charge is 0.148 e. The van der Waals surface area contributed by atoms with Gasteiger partial charge in [0.15, 0.2) is 0 Å². The molecular weight excluding hydrogens is 262 g/mol. The van der Waals surface area contributed by atoms with Gasteiger partial charge in [-0.2, -0.15) is 0 Å². The third kappa shape index (κ3) is 3.17. The topological polar surface area (TPSA) is 47.0 Å². The van der Waals surface area contributed by atoms with Crippen LogP contribution in [0.2, 0.25) is 0 Å². The Hall–Kier alpha value is -2.88. The van der Waals surface area contributed by atoms with Crippen LogP contribution in [-0.2, 0) is 0 Å². The van der Waals surface area contributed by atoms with Crippen molar-refractivity contribution in [3.8, 4) is 22.8 Å². The molecule has 104 valence electrons. The zero-order valence-electron chi connectivity index (χ0n) is 11.7. The lowest BCUT2D eigenvalue weighted by Crippen LogP contribution is -1.95. The number of para-hydroxylation sites is 1. The summed E-state index contributed by atoms with van der Waals surface area (Å²) < 4.78 is 5.76. The van der Waals surface area contributed by atoms with Crippen molar-refractivity contribution in [3.05, 3.63) is 66.7 Å². The number of rotatable bonds is 4. The lowest BCUT2D eigenvalue weighted by molar-refractivity contribution is 0.483. The maximum Gasteiger partial charge on any atom is 0.148 e. The van der Waals surface area contributed by atoms with Gasteiger partial charge in [0.25, 0.3) is 0 Å². The number of benzene rings is 2. The molecule has 4 heteroatoms. The fourth-order valence-electron chi connectivity index (χ4n) is 1.94. The number of anilines is 1. The van der Waals surface area contributed by atoms with Crippen molar-refractivity contribution in [2.24, 2.45) is 0 Å². The van der Waals surface area contributed by atoms with E-state index in [-0.39, 0.29) is 0 Å². The molecule has 0 bridgehead atoms. The fraction of sp³-hybridized carbons (Fsp3) is 0.0588. The predicted octanol–water partition coefficient (Wildman–Crippen LogP) is 3.98. The Labute approximate surface area is 123 Å². The number of hydrogen-bond acceptors (Lipinski definition) is 4. The van der Waals surface area contributed by atoms with Crippen LogP contribution in [0, 0.1) is 0 Å². The van der Waals surface area contributed by atoms with Gasteiger partial charge in [0.1, 0.15) is 17.3 Å². The molecule has 21 heavy (non-hydrogen) atoms. The Morgan fingerprint density at radius 3 is 2.10 bits per heavy atom. The minimum Gasteiger partial charge on any atom is -0.457 e. The summed E-state index contributed by atoms with van der Waals surface area (Å²) in [4.78, 5) is 0. The van der Waals surface area contributed by atoms with Crippen molar-refractivity contribution in [1.29, 1.82) is 0 Å². The van der Waals surface area contributed by atoms with Gasteiger partial charge in [-0.1, -0.05) is 18.2 Å². The minimum atomic E-state index is 0.753. The van der Waals surface area contributed by atoms with Crippen LogP contribution in [0.5, 0.6) is 11.5 Å². The Bertz CT molecular complexity index is 694. The normalized spacial score (nSPS) is 10.1. The molecule has 0 aliphatic heterocycles. The maximum atomic E-state index is 5.76. The third-order valence-electron chi connectivity index (χ3n) is 3.05. The zero-order chi connectivity index (χ0) is 14.5. The molecule has 0 aliphatic carbocycles. The van der Waals surface area contributed by atoms with Gasteiger partial charge in [-0.15, -0.1) is 10.2 Å². The van der Waals surface area contributed by atoms with Crippen LogP contribution >= 0.6 is 0 Å². The summed E-state index contributed by atoms with van der Waals surface area (Å²) in [6.45, 7) is 0. The molecule has 4 nitrogen and oxygen atoms in total. The van der Waals surface area contributed by atoms with E-state index in [0.717, 1.165) is 28.6 Å². The largest absolute Gasteiger partial charge is 0.457 e. The van der Waals surface area contributed by atoms with Gasteiger partial charge in [-0.05, 0) is 48.5 Å². The first-order valence-electron chi connectivity index (χ1n) is 6.70. The molecule has 2 aromatic carbocycles. The molecule has 0 amide bonds. The standard InChI is InChI=1S/C17H15N3O/c1-18-17-12-11-16(19-20-17)13-7-9-15(10-8-13)21-14-5-3-2-4-6-14/h2-12H,1H3,(H,18,20). The fourth-order valence-corrected chi connectivity index (χ4v) is 1.94. The summed E-state index contributed by atoms with van der Waals surface area (Å²) in [7, 11) is 1.82. The molecule has 0 radical (unpaired) electrons. The molecule has 0 saturated heterocycles. The summed E-state index contributed by atoms with van der Waals surface area (Å²) in [6, 6.07) is 21.3. The van der Waals surface area contributed by atoms with E-state index in [4.69, 9.17) is 4.74 Å². The molecule has 0 aliphatic rings. The molecule has 0 fully saturated rings. The number of nitrogens with zero attached hydrogens (tertiary/aromatic N) is 2. The van der Waals surface area contributed by atoms with Crippen molar-refractivity contribution in [2.45, 2.75) is 0 Å². The van der Waals surface area contributed by atoms with Crippen LogP contribution in [0.3, 0.4) is 0 Å². The van der Waals surface area contributed by atoms with Crippen molar-refractivity contribution < 1.29 is 4.74 Å². The molecule has 0 spiro atoms. The van der Waals surface area contributed by atoms with E-state index < -0.39 is 0 Å². The van der Waals surface area contributed by atoms with Crippen LogP contribution in [0.4, 0.5) is 5.82 Å². The summed E-state index contributed by atoms with van der Waals surface area (Å²) in [6.07, 6.45) is 0. The van der Waals surface area contributed by atoms with Crippen LogP contribution in [0.15, 0.2) is 66.7 Å². The Balaban J connectivity index is 1.77. The quantitative estimate of drug-likeness (QED) is 0.783. The van der Waals surface area contributed by atoms with E-state index in [0.29, 0.717) is 0 Å². The molecule has 3 aromatic rings. The van der Waals surface area contributed by atoms with Crippen molar-refractivity contribution in [1.82, 2.24) is 10.2 Å². The van der Waals surface area contributed by atoms with E-state index in [2.05, 4.69) is 15.5 Å². The molecule has 1 heterocycles. The highest BCUT2D eigenvalue weighted by Gasteiger charge is 2.02. The maximum absolute atomic E-state index is 5.76. The lowest BCUT2D eigenvalue weighted by Gasteiger charge is -2.06. The number of nitrogens with one attached hydrogen (secondary N) is 1. The summed E-state index contributed by atoms with van der Waals surface area (Å²) in [5.74, 6) is 2.37. The molecule has 0 saturated carbocycles. The number of aromatic nitrogens is 2. The predicted molar refractivity (Wildman–Crippen MR) is 83.5 cm³/mol. The van der Waals surface area contributed by atoms with Crippen molar-refractivity contribution in [3.63, 3.8) is 0 Å². The zero-order valence-corrected chi connectivity index (χ0v) is 11.7. The van der Waals surface area contributed by atoms with E-state index in [9.17, 15) is 0 Å². The Morgan fingerprint density at radius 1 is 0.762 bits per heavy atom. The van der Waals surface area contributed by atoms with Crippen molar-refractivity contribution in [2.75, 3.05) is 12.4 Å². The highest BCUT2D eigenvalue weighted by Crippen LogP contribution is 2.24. The molecular formula is C17H15N3O. The van der Waals surface area contributed by atoms with E-state index in [1.54, 1.807) is 0 Å². The lowest BCUT2D eigenvalue weighted by atomic mass is 10.1. The van der Waals surface area contributed by atoms with Gasteiger partial charge in [0, 0.05) is 12.6 Å². The van der Waals surface area contributed by atoms with Crippen LogP contribution < -0.4 is 10.1 Å². The Kier molecular flexibility index (Phi) is 3.78. The molecule has 0 atom stereocenters. The summed E-state index contributed by atoms with van der Waals surface area (Å²) >= 11 is 0. The second-order valence-electron chi connectivity index (χ2n) is 4.49. The van der Waals surface area contributed by atoms with E-state index in [1.807, 2.05) is 73.8 Å². The number of hydrogen-bond donors (Lipinski definition) is 1. The summed E-state index contributed by atoms with van der Waals surface area (Å²) in [5, 5.41) is 11.2. The number of ether oxygens (including phenoxy) is 1. The van der Waals surface area contributed by atoms with Gasteiger partial charge in [0.05, 0.1) is 5.69 Å². The van der Waals surface area contributed by atoms with Gasteiger partial charge in [-0.25, -0.2) is 0 Å². The molecule has 0 unspecified atom stereocenters. The third-order valence-corrected chi connectivity index (χ3v) is 3.05. The highest BCUT2D eigenvalue weighted by molar-refractivity contribution is 5.60. The Morgan fingerprint density at radius 2 is 1.48 bits per heavy atom. The van der Waals surface area contributed by atoms with E-state index >= 15 is 0 Å². The van der Waals surface area contributed by atoms with Crippen LogP contribution in [-0.4, -0.2) is 17.2 Å². The first-order chi connectivity index (χ1) is 10.3. The second kappa shape index (κ2) is 6.05. The first-order valence-corrected chi connectivity index (χ1v) is 6.70. The van der Waals surface area contributed by atoms with Crippen LogP contribution in [0.25, 0.3) is 11.3 Å². The molecule has 1 aromatic heterocycles. The molecule has 3 rings (SSSR count). The van der Waals surface area contributed by atoms with Gasteiger partial charge < -0.3 is 10.1 Å². The average Bonchev–Trinajstić information content (AvgIpc) is 2.57. The van der Waals surface area contributed by atoms with Gasteiger partial charge >= 0.3 is 0 Å². The monoisotopic (exact) mass is 277 g/mol. The van der Waals surface area contributed by atoms with Crippen LogP contribution in [0.1, 0.15) is 0 Å². The van der Waals surface area contributed by atoms with Gasteiger partial charge in [0.2, 0.25) is 0 Å². The minimum absolute atomic E-state index is 0.753. The second-order valence-corrected chi connectivity index (χ2v) is 4.49. The average molecular weight is 277 g/mol. The SMILES string of the molecule is CNc1ccc(-c2ccc(Oc3ccccc3)cc2)nn1. The van der Waals surface area contributed by atoms with E-state index in [1.165, 1.54) is 0 Å². The summed E-state index contributed by atoms with van der Waals surface area (Å²) in [5.41, 5.74) is 1.84. The first kappa shape index (κ1) is 13.1. The van der Waals surface area contributed by atoms with Gasteiger partial charge in [-0.3, -0.25) is 0 Å². The van der Waals surface area contributed by atoms with Crippen molar-refractivity contribution >= 4 is 5.82 Å².